The first-order chi connectivity index (χ1) is 9.71. The minimum absolute atomic E-state index is 0.132. The van der Waals surface area contributed by atoms with E-state index in [0.29, 0.717) is 30.0 Å². The van der Waals surface area contributed by atoms with Crippen LogP contribution in [0.4, 0.5) is 0 Å². The number of halogens is 2. The maximum Gasteiger partial charge on any atom is 0.303 e. The highest BCUT2D eigenvalue weighted by Gasteiger charge is 2.19. The number of carboxylic acids is 1. The molecule has 0 atom stereocenters. The summed E-state index contributed by atoms with van der Waals surface area (Å²) in [5.41, 5.74) is 0.293. The summed E-state index contributed by atoms with van der Waals surface area (Å²) in [6.45, 7) is 4.47. The topological polar surface area (TPSA) is 66.4 Å². The third kappa shape index (κ3) is 6.48. The maximum absolute atomic E-state index is 12.1. The van der Waals surface area contributed by atoms with Gasteiger partial charge in [0, 0.05) is 17.4 Å². The molecule has 0 spiro atoms. The lowest BCUT2D eigenvalue weighted by Crippen LogP contribution is -2.28. The van der Waals surface area contributed by atoms with Gasteiger partial charge in [-0.1, -0.05) is 41.4 Å². The van der Waals surface area contributed by atoms with Crippen LogP contribution in [0, 0.1) is 5.41 Å². The summed E-state index contributed by atoms with van der Waals surface area (Å²) >= 11 is 9.30. The monoisotopic (exact) mass is 375 g/mol. The van der Waals surface area contributed by atoms with Crippen molar-refractivity contribution >= 4 is 39.4 Å². The zero-order valence-corrected chi connectivity index (χ0v) is 14.4. The van der Waals surface area contributed by atoms with Crippen LogP contribution in [0.3, 0.4) is 0 Å². The molecule has 1 rings (SSSR count). The Morgan fingerprint density at radius 2 is 2.00 bits per heavy atom. The Labute approximate surface area is 138 Å². The Balaban J connectivity index is 2.50. The van der Waals surface area contributed by atoms with Gasteiger partial charge >= 0.3 is 5.97 Å². The second-order valence-electron chi connectivity index (χ2n) is 5.69. The van der Waals surface area contributed by atoms with Crippen LogP contribution in [-0.2, 0) is 4.79 Å². The van der Waals surface area contributed by atoms with E-state index in [1.165, 1.54) is 0 Å². The lowest BCUT2D eigenvalue weighted by Gasteiger charge is -2.23. The fourth-order valence-electron chi connectivity index (χ4n) is 1.85. The molecular formula is C15H19BrClNO3. The zero-order valence-electron chi connectivity index (χ0n) is 12.1. The van der Waals surface area contributed by atoms with Crippen molar-refractivity contribution in [1.29, 1.82) is 0 Å². The largest absolute Gasteiger partial charge is 0.481 e. The van der Waals surface area contributed by atoms with Gasteiger partial charge < -0.3 is 10.4 Å². The molecule has 21 heavy (non-hydrogen) atoms. The number of benzene rings is 1. The summed E-state index contributed by atoms with van der Waals surface area (Å²) in [6, 6.07) is 5.11. The van der Waals surface area contributed by atoms with Gasteiger partial charge in [-0.25, -0.2) is 0 Å². The fourth-order valence-corrected chi connectivity index (χ4v) is 2.42. The number of carbonyl (C=O) groups excluding carboxylic acids is 1. The number of amides is 1. The molecule has 0 radical (unpaired) electrons. The molecule has 0 saturated heterocycles. The van der Waals surface area contributed by atoms with E-state index in [1.807, 2.05) is 13.8 Å². The number of hydrogen-bond acceptors (Lipinski definition) is 2. The van der Waals surface area contributed by atoms with E-state index in [9.17, 15) is 9.59 Å². The molecule has 0 bridgehead atoms. The van der Waals surface area contributed by atoms with Crippen molar-refractivity contribution in [1.82, 2.24) is 5.32 Å². The van der Waals surface area contributed by atoms with Crippen LogP contribution in [0.1, 0.15) is 43.5 Å². The average molecular weight is 377 g/mol. The second kappa shape index (κ2) is 7.80. The van der Waals surface area contributed by atoms with Crippen molar-refractivity contribution in [3.05, 3.63) is 33.3 Å². The average Bonchev–Trinajstić information content (AvgIpc) is 2.39. The first kappa shape index (κ1) is 18.0. The fraction of sp³-hybridized carbons (Fsp3) is 0.467. The minimum atomic E-state index is -0.798. The predicted molar refractivity (Wildman–Crippen MR) is 86.8 cm³/mol. The first-order valence-corrected chi connectivity index (χ1v) is 7.83. The number of aliphatic carboxylic acids is 1. The van der Waals surface area contributed by atoms with Crippen molar-refractivity contribution in [2.75, 3.05) is 6.54 Å². The molecule has 6 heteroatoms. The van der Waals surface area contributed by atoms with Gasteiger partial charge in [0.25, 0.3) is 5.91 Å². The van der Waals surface area contributed by atoms with Crippen molar-refractivity contribution < 1.29 is 14.7 Å². The molecule has 0 heterocycles. The summed E-state index contributed by atoms with van der Waals surface area (Å²) in [6.07, 6.45) is 1.42. The van der Waals surface area contributed by atoms with Gasteiger partial charge in [0.1, 0.15) is 0 Å². The van der Waals surface area contributed by atoms with E-state index in [0.717, 1.165) is 4.47 Å². The predicted octanol–water partition coefficient (Wildman–Crippen LogP) is 4.11. The van der Waals surface area contributed by atoms with E-state index in [4.69, 9.17) is 16.7 Å². The van der Waals surface area contributed by atoms with E-state index < -0.39 is 5.97 Å². The minimum Gasteiger partial charge on any atom is -0.481 e. The molecule has 1 aromatic rings. The van der Waals surface area contributed by atoms with Crippen LogP contribution >= 0.6 is 27.5 Å². The van der Waals surface area contributed by atoms with Crippen LogP contribution in [0.5, 0.6) is 0 Å². The van der Waals surface area contributed by atoms with Crippen LogP contribution in [0.15, 0.2) is 22.7 Å². The highest BCUT2D eigenvalue weighted by molar-refractivity contribution is 9.10. The molecular weight excluding hydrogens is 358 g/mol. The number of carbonyl (C=O) groups is 2. The van der Waals surface area contributed by atoms with Crippen molar-refractivity contribution in [2.24, 2.45) is 5.41 Å². The molecule has 116 valence electrons. The van der Waals surface area contributed by atoms with Gasteiger partial charge in [-0.05, 0) is 36.5 Å². The second-order valence-corrected chi connectivity index (χ2v) is 7.01. The summed E-state index contributed by atoms with van der Waals surface area (Å²) in [5, 5.41) is 11.9. The van der Waals surface area contributed by atoms with Gasteiger partial charge in [-0.2, -0.15) is 0 Å². The molecule has 4 nitrogen and oxygen atoms in total. The summed E-state index contributed by atoms with van der Waals surface area (Å²) in [7, 11) is 0. The first-order valence-electron chi connectivity index (χ1n) is 6.66. The third-order valence-electron chi connectivity index (χ3n) is 3.28. The summed E-state index contributed by atoms with van der Waals surface area (Å²) in [5.74, 6) is -1.02. The lowest BCUT2D eigenvalue weighted by atomic mass is 9.84. The van der Waals surface area contributed by atoms with E-state index in [1.54, 1.807) is 18.2 Å². The Hall–Kier alpha value is -1.07. The van der Waals surface area contributed by atoms with Crippen molar-refractivity contribution in [2.45, 2.75) is 33.1 Å². The van der Waals surface area contributed by atoms with Gasteiger partial charge in [0.05, 0.1) is 10.6 Å². The normalized spacial score (nSPS) is 11.2. The summed E-state index contributed by atoms with van der Waals surface area (Å²) < 4.78 is 0.791. The smallest absolute Gasteiger partial charge is 0.303 e. The Morgan fingerprint density at radius 3 is 2.62 bits per heavy atom. The lowest BCUT2D eigenvalue weighted by molar-refractivity contribution is -0.137. The molecule has 0 aliphatic carbocycles. The van der Waals surface area contributed by atoms with Crippen molar-refractivity contribution in [3.63, 3.8) is 0 Å². The highest BCUT2D eigenvalue weighted by atomic mass is 79.9. The molecule has 0 saturated carbocycles. The van der Waals surface area contributed by atoms with E-state index >= 15 is 0 Å². The standard InChI is InChI=1S/C15H19BrClNO3/c1-15(2,6-5-13(19)20)7-8-18-14(21)11-9-10(16)3-4-12(11)17/h3-4,9H,5-8H2,1-2H3,(H,18,21)(H,19,20). The SMILES string of the molecule is CC(C)(CCNC(=O)c1cc(Br)ccc1Cl)CCC(=O)O. The van der Waals surface area contributed by atoms with E-state index in [2.05, 4.69) is 21.2 Å². The van der Waals surface area contributed by atoms with Gasteiger partial charge in [0.2, 0.25) is 0 Å². The highest BCUT2D eigenvalue weighted by Crippen LogP contribution is 2.26. The maximum atomic E-state index is 12.1. The zero-order chi connectivity index (χ0) is 16.0. The Morgan fingerprint density at radius 1 is 1.33 bits per heavy atom. The van der Waals surface area contributed by atoms with Crippen molar-refractivity contribution in [3.8, 4) is 0 Å². The molecule has 0 aromatic heterocycles. The Bertz CT molecular complexity index is 532. The molecule has 0 aliphatic heterocycles. The van der Waals surface area contributed by atoms with Crippen LogP contribution in [0.2, 0.25) is 5.02 Å². The number of rotatable bonds is 7. The van der Waals surface area contributed by atoms with Gasteiger partial charge in [-0.3, -0.25) is 9.59 Å². The number of hydrogen-bond donors (Lipinski definition) is 2. The molecule has 1 amide bonds. The molecule has 0 unspecified atom stereocenters. The van der Waals surface area contributed by atoms with Crippen LogP contribution in [0.25, 0.3) is 0 Å². The molecule has 0 aliphatic rings. The third-order valence-corrected chi connectivity index (χ3v) is 4.10. The molecule has 1 aromatic carbocycles. The van der Waals surface area contributed by atoms with Gasteiger partial charge in [0.15, 0.2) is 0 Å². The summed E-state index contributed by atoms with van der Waals surface area (Å²) in [4.78, 5) is 22.7. The Kier molecular flexibility index (Phi) is 6.68. The molecule has 0 fully saturated rings. The van der Waals surface area contributed by atoms with E-state index in [-0.39, 0.29) is 17.7 Å². The van der Waals surface area contributed by atoms with Gasteiger partial charge in [-0.15, -0.1) is 0 Å². The van der Waals surface area contributed by atoms with Crippen LogP contribution in [-0.4, -0.2) is 23.5 Å². The molecule has 2 N–H and O–H groups in total. The van der Waals surface area contributed by atoms with Crippen LogP contribution < -0.4 is 5.32 Å². The quantitative estimate of drug-likeness (QED) is 0.752. The number of carboxylic acid groups (broad SMARTS) is 1. The number of nitrogens with one attached hydrogen (secondary N) is 1.